The van der Waals surface area contributed by atoms with Crippen LogP contribution in [0.1, 0.15) is 46.0 Å². The molecular weight excluding hydrogens is 124 g/mol. The second kappa shape index (κ2) is 3.97. The van der Waals surface area contributed by atoms with Crippen LogP contribution in [0.2, 0.25) is 0 Å². The Labute approximate surface area is 63.8 Å². The van der Waals surface area contributed by atoms with E-state index in [4.69, 9.17) is 4.74 Å². The Bertz CT molecular complexity index is 90.7. The molecule has 1 heteroatoms. The standard InChI is InChI=1S/C9H18O/c1-3-4-5-6-7-9-8(2)10-9/h8-9H,3-7H2,1-2H3/t8-,9-/m0/s1. The highest BCUT2D eigenvalue weighted by Gasteiger charge is 2.32. The van der Waals surface area contributed by atoms with Gasteiger partial charge in [-0.05, 0) is 13.3 Å². The highest BCUT2D eigenvalue weighted by Crippen LogP contribution is 2.26. The number of epoxide rings is 1. The lowest BCUT2D eigenvalue weighted by molar-refractivity contribution is 0.365. The van der Waals surface area contributed by atoms with E-state index in [2.05, 4.69) is 13.8 Å². The molecule has 2 atom stereocenters. The summed E-state index contributed by atoms with van der Waals surface area (Å²) < 4.78 is 5.30. The van der Waals surface area contributed by atoms with Crippen LogP contribution in [0.3, 0.4) is 0 Å². The Morgan fingerprint density at radius 3 is 2.40 bits per heavy atom. The number of rotatable bonds is 5. The molecule has 0 unspecified atom stereocenters. The molecule has 1 aliphatic rings. The summed E-state index contributed by atoms with van der Waals surface area (Å²) in [6, 6.07) is 0. The van der Waals surface area contributed by atoms with Crippen molar-refractivity contribution >= 4 is 0 Å². The highest BCUT2D eigenvalue weighted by atomic mass is 16.6. The average molecular weight is 142 g/mol. The van der Waals surface area contributed by atoms with Crippen LogP contribution < -0.4 is 0 Å². The minimum atomic E-state index is 0.571. The number of ether oxygens (including phenoxy) is 1. The summed E-state index contributed by atoms with van der Waals surface area (Å²) in [6.07, 6.45) is 7.97. The predicted octanol–water partition coefficient (Wildman–Crippen LogP) is 2.74. The van der Waals surface area contributed by atoms with Gasteiger partial charge in [-0.1, -0.05) is 32.6 Å². The van der Waals surface area contributed by atoms with Crippen LogP contribution in [-0.2, 0) is 4.74 Å². The van der Waals surface area contributed by atoms with Gasteiger partial charge in [-0.3, -0.25) is 0 Å². The molecule has 10 heavy (non-hydrogen) atoms. The SMILES string of the molecule is CCCCCC[C@@H]1O[C@H]1C. The van der Waals surface area contributed by atoms with Crippen molar-refractivity contribution in [2.24, 2.45) is 0 Å². The van der Waals surface area contributed by atoms with Gasteiger partial charge in [0.2, 0.25) is 0 Å². The summed E-state index contributed by atoms with van der Waals surface area (Å²) in [6.45, 7) is 4.40. The predicted molar refractivity (Wildman–Crippen MR) is 43.1 cm³/mol. The molecule has 1 rings (SSSR count). The van der Waals surface area contributed by atoms with Crippen molar-refractivity contribution in [2.75, 3.05) is 0 Å². The fourth-order valence-corrected chi connectivity index (χ4v) is 1.31. The number of unbranched alkanes of at least 4 members (excludes halogenated alkanes) is 3. The van der Waals surface area contributed by atoms with Gasteiger partial charge in [0.15, 0.2) is 0 Å². The van der Waals surface area contributed by atoms with Crippen molar-refractivity contribution in [1.82, 2.24) is 0 Å². The molecule has 60 valence electrons. The molecule has 0 bridgehead atoms. The molecule has 0 aromatic rings. The van der Waals surface area contributed by atoms with E-state index >= 15 is 0 Å². The van der Waals surface area contributed by atoms with Crippen molar-refractivity contribution < 1.29 is 4.74 Å². The van der Waals surface area contributed by atoms with Crippen LogP contribution in [0, 0.1) is 0 Å². The first-order chi connectivity index (χ1) is 4.84. The summed E-state index contributed by atoms with van der Waals surface area (Å²) >= 11 is 0. The van der Waals surface area contributed by atoms with Gasteiger partial charge in [0.05, 0.1) is 12.2 Å². The molecule has 0 saturated carbocycles. The third-order valence-corrected chi connectivity index (χ3v) is 2.18. The number of hydrogen-bond acceptors (Lipinski definition) is 1. The monoisotopic (exact) mass is 142 g/mol. The maximum atomic E-state index is 5.30. The van der Waals surface area contributed by atoms with Crippen LogP contribution in [-0.4, -0.2) is 12.2 Å². The summed E-state index contributed by atoms with van der Waals surface area (Å²) in [5.74, 6) is 0. The van der Waals surface area contributed by atoms with Gasteiger partial charge in [0.25, 0.3) is 0 Å². The fourth-order valence-electron chi connectivity index (χ4n) is 1.31. The van der Waals surface area contributed by atoms with Crippen molar-refractivity contribution in [3.8, 4) is 0 Å². The molecular formula is C9H18O. The van der Waals surface area contributed by atoms with E-state index in [9.17, 15) is 0 Å². The minimum Gasteiger partial charge on any atom is -0.370 e. The van der Waals surface area contributed by atoms with E-state index < -0.39 is 0 Å². The van der Waals surface area contributed by atoms with E-state index in [1.54, 1.807) is 0 Å². The minimum absolute atomic E-state index is 0.571. The number of hydrogen-bond donors (Lipinski definition) is 0. The lowest BCUT2D eigenvalue weighted by Crippen LogP contribution is -1.88. The van der Waals surface area contributed by atoms with E-state index in [-0.39, 0.29) is 0 Å². The maximum absolute atomic E-state index is 5.30. The molecule has 0 aromatic heterocycles. The van der Waals surface area contributed by atoms with Crippen LogP contribution in [0.4, 0.5) is 0 Å². The Balaban J connectivity index is 1.78. The van der Waals surface area contributed by atoms with E-state index in [0.29, 0.717) is 12.2 Å². The summed E-state index contributed by atoms with van der Waals surface area (Å²) in [7, 11) is 0. The third kappa shape index (κ3) is 2.70. The molecule has 1 heterocycles. The van der Waals surface area contributed by atoms with Gasteiger partial charge in [-0.25, -0.2) is 0 Å². The molecule has 0 amide bonds. The molecule has 0 spiro atoms. The fraction of sp³-hybridized carbons (Fsp3) is 1.00. The molecule has 1 aliphatic heterocycles. The molecule has 1 nitrogen and oxygen atoms in total. The highest BCUT2D eigenvalue weighted by molar-refractivity contribution is 4.79. The average Bonchev–Trinajstić information content (AvgIpc) is 2.60. The molecule has 0 aromatic carbocycles. The first-order valence-electron chi connectivity index (χ1n) is 4.50. The molecule has 1 saturated heterocycles. The smallest absolute Gasteiger partial charge is 0.0839 e. The Kier molecular flexibility index (Phi) is 3.20. The van der Waals surface area contributed by atoms with E-state index in [1.165, 1.54) is 32.1 Å². The topological polar surface area (TPSA) is 12.5 Å². The normalized spacial score (nSPS) is 30.6. The van der Waals surface area contributed by atoms with Crippen molar-refractivity contribution in [2.45, 2.75) is 58.2 Å². The quantitative estimate of drug-likeness (QED) is 0.425. The van der Waals surface area contributed by atoms with Crippen LogP contribution in [0.5, 0.6) is 0 Å². The summed E-state index contributed by atoms with van der Waals surface area (Å²) in [4.78, 5) is 0. The van der Waals surface area contributed by atoms with Gasteiger partial charge in [-0.15, -0.1) is 0 Å². The van der Waals surface area contributed by atoms with Gasteiger partial charge in [-0.2, -0.15) is 0 Å². The second-order valence-corrected chi connectivity index (χ2v) is 3.23. The Morgan fingerprint density at radius 1 is 1.20 bits per heavy atom. The van der Waals surface area contributed by atoms with Crippen LogP contribution >= 0.6 is 0 Å². The zero-order chi connectivity index (χ0) is 7.40. The summed E-state index contributed by atoms with van der Waals surface area (Å²) in [5.41, 5.74) is 0. The zero-order valence-electron chi connectivity index (χ0n) is 7.10. The van der Waals surface area contributed by atoms with Crippen LogP contribution in [0.15, 0.2) is 0 Å². The van der Waals surface area contributed by atoms with Crippen molar-refractivity contribution in [3.63, 3.8) is 0 Å². The molecule has 0 aliphatic carbocycles. The van der Waals surface area contributed by atoms with Gasteiger partial charge >= 0.3 is 0 Å². The lowest BCUT2D eigenvalue weighted by Gasteiger charge is -1.94. The summed E-state index contributed by atoms with van der Waals surface area (Å²) in [5, 5.41) is 0. The third-order valence-electron chi connectivity index (χ3n) is 2.18. The molecule has 0 radical (unpaired) electrons. The second-order valence-electron chi connectivity index (χ2n) is 3.23. The van der Waals surface area contributed by atoms with Gasteiger partial charge in [0, 0.05) is 0 Å². The van der Waals surface area contributed by atoms with Crippen LogP contribution in [0.25, 0.3) is 0 Å². The Morgan fingerprint density at radius 2 is 1.90 bits per heavy atom. The lowest BCUT2D eigenvalue weighted by atomic mass is 10.1. The first kappa shape index (κ1) is 8.06. The maximum Gasteiger partial charge on any atom is 0.0839 e. The van der Waals surface area contributed by atoms with E-state index in [0.717, 1.165) is 0 Å². The Hall–Kier alpha value is -0.0400. The zero-order valence-corrected chi connectivity index (χ0v) is 7.10. The van der Waals surface area contributed by atoms with Crippen molar-refractivity contribution in [1.29, 1.82) is 0 Å². The van der Waals surface area contributed by atoms with Gasteiger partial charge < -0.3 is 4.74 Å². The van der Waals surface area contributed by atoms with E-state index in [1.807, 2.05) is 0 Å². The van der Waals surface area contributed by atoms with Gasteiger partial charge in [0.1, 0.15) is 0 Å². The largest absolute Gasteiger partial charge is 0.370 e. The van der Waals surface area contributed by atoms with Crippen molar-refractivity contribution in [3.05, 3.63) is 0 Å². The first-order valence-corrected chi connectivity index (χ1v) is 4.50. The molecule has 0 N–H and O–H groups in total. The molecule has 1 fully saturated rings.